The fourth-order valence-electron chi connectivity index (χ4n) is 0.882. The minimum absolute atomic E-state index is 0.106. The SMILES string of the molecule is C=CC1CC1(N)C(N)=O.O=C(O)C(F)(F)F. The predicted molar refractivity (Wildman–Crippen MR) is 48.1 cm³/mol. The number of primary amides is 1. The Labute approximate surface area is 88.9 Å². The van der Waals surface area contributed by atoms with Crippen LogP contribution in [0.1, 0.15) is 6.42 Å². The average molecular weight is 240 g/mol. The zero-order valence-corrected chi connectivity index (χ0v) is 8.12. The standard InChI is InChI=1S/C6H10N2O.C2HF3O2/c1-2-4-3-6(4,8)5(7)9;3-2(4,5)1(6)7/h2,4H,1,3,8H2,(H2,7,9);(H,6,7). The van der Waals surface area contributed by atoms with Gasteiger partial charge in [0.25, 0.3) is 0 Å². The highest BCUT2D eigenvalue weighted by atomic mass is 19.4. The van der Waals surface area contributed by atoms with Crippen molar-refractivity contribution < 1.29 is 27.9 Å². The molecular formula is C8H11F3N2O3. The Morgan fingerprint density at radius 2 is 1.88 bits per heavy atom. The van der Waals surface area contributed by atoms with Crippen LogP contribution >= 0.6 is 0 Å². The second-order valence-electron chi connectivity index (χ2n) is 3.25. The number of carboxylic acid groups (broad SMARTS) is 1. The number of halogens is 3. The Bertz CT molecular complexity index is 316. The molecule has 0 aromatic rings. The lowest BCUT2D eigenvalue weighted by Crippen LogP contribution is -2.40. The van der Waals surface area contributed by atoms with E-state index in [1.54, 1.807) is 6.08 Å². The molecule has 0 aliphatic heterocycles. The molecule has 1 rings (SSSR count). The smallest absolute Gasteiger partial charge is 0.475 e. The normalized spacial score (nSPS) is 27.4. The van der Waals surface area contributed by atoms with Gasteiger partial charge in [0.05, 0.1) is 0 Å². The molecule has 5 N–H and O–H groups in total. The minimum Gasteiger partial charge on any atom is -0.475 e. The van der Waals surface area contributed by atoms with Crippen molar-refractivity contribution in [1.82, 2.24) is 0 Å². The Morgan fingerprint density at radius 3 is 1.94 bits per heavy atom. The first-order valence-corrected chi connectivity index (χ1v) is 4.07. The molecular weight excluding hydrogens is 229 g/mol. The van der Waals surface area contributed by atoms with Gasteiger partial charge in [-0.2, -0.15) is 13.2 Å². The van der Waals surface area contributed by atoms with Crippen LogP contribution in [0.2, 0.25) is 0 Å². The van der Waals surface area contributed by atoms with Gasteiger partial charge < -0.3 is 16.6 Å². The van der Waals surface area contributed by atoms with Gasteiger partial charge >= 0.3 is 12.1 Å². The molecule has 0 bridgehead atoms. The number of carbonyl (C=O) groups excluding carboxylic acids is 1. The van der Waals surface area contributed by atoms with Crippen LogP contribution in [-0.4, -0.2) is 28.7 Å². The number of hydrogen-bond acceptors (Lipinski definition) is 3. The molecule has 5 nitrogen and oxygen atoms in total. The minimum atomic E-state index is -5.08. The molecule has 1 saturated carbocycles. The van der Waals surface area contributed by atoms with E-state index in [9.17, 15) is 18.0 Å². The van der Waals surface area contributed by atoms with Gasteiger partial charge in [-0.15, -0.1) is 6.58 Å². The number of amides is 1. The number of alkyl halides is 3. The highest BCUT2D eigenvalue weighted by molar-refractivity contribution is 5.88. The van der Waals surface area contributed by atoms with Crippen LogP contribution < -0.4 is 11.5 Å². The molecule has 2 atom stereocenters. The summed E-state index contributed by atoms with van der Waals surface area (Å²) < 4.78 is 31.7. The van der Waals surface area contributed by atoms with Gasteiger partial charge in [-0.1, -0.05) is 6.08 Å². The lowest BCUT2D eigenvalue weighted by molar-refractivity contribution is -0.192. The van der Waals surface area contributed by atoms with E-state index in [2.05, 4.69) is 6.58 Å². The number of aliphatic carboxylic acids is 1. The van der Waals surface area contributed by atoms with Crippen molar-refractivity contribution >= 4 is 11.9 Å². The van der Waals surface area contributed by atoms with E-state index in [0.717, 1.165) is 0 Å². The summed E-state index contributed by atoms with van der Waals surface area (Å²) in [6, 6.07) is 0. The van der Waals surface area contributed by atoms with Crippen molar-refractivity contribution in [3.05, 3.63) is 12.7 Å². The van der Waals surface area contributed by atoms with Crippen LogP contribution in [0.15, 0.2) is 12.7 Å². The molecule has 0 radical (unpaired) electrons. The Balaban J connectivity index is 0.000000293. The Morgan fingerprint density at radius 1 is 1.50 bits per heavy atom. The van der Waals surface area contributed by atoms with Crippen molar-refractivity contribution in [3.63, 3.8) is 0 Å². The monoisotopic (exact) mass is 240 g/mol. The van der Waals surface area contributed by atoms with E-state index in [1.807, 2.05) is 0 Å². The van der Waals surface area contributed by atoms with Crippen LogP contribution in [0.5, 0.6) is 0 Å². The molecule has 0 aromatic heterocycles. The summed E-state index contributed by atoms with van der Waals surface area (Å²) in [7, 11) is 0. The number of carbonyl (C=O) groups is 2. The number of hydrogen-bond donors (Lipinski definition) is 3. The Hall–Kier alpha value is -1.57. The molecule has 8 heteroatoms. The summed E-state index contributed by atoms with van der Waals surface area (Å²) >= 11 is 0. The molecule has 2 unspecified atom stereocenters. The lowest BCUT2D eigenvalue weighted by atomic mass is 10.2. The highest BCUT2D eigenvalue weighted by Gasteiger charge is 2.54. The molecule has 1 fully saturated rings. The zero-order valence-electron chi connectivity index (χ0n) is 8.12. The topological polar surface area (TPSA) is 106 Å². The fourth-order valence-corrected chi connectivity index (χ4v) is 0.882. The van der Waals surface area contributed by atoms with Gasteiger partial charge in [0.2, 0.25) is 5.91 Å². The second kappa shape index (κ2) is 4.52. The quantitative estimate of drug-likeness (QED) is 0.591. The van der Waals surface area contributed by atoms with Crippen LogP contribution in [0.3, 0.4) is 0 Å². The van der Waals surface area contributed by atoms with Gasteiger partial charge in [0, 0.05) is 5.92 Å². The maximum atomic E-state index is 10.6. The summed E-state index contributed by atoms with van der Waals surface area (Å²) in [5, 5.41) is 7.12. The van der Waals surface area contributed by atoms with E-state index >= 15 is 0 Å². The van der Waals surface area contributed by atoms with E-state index in [0.29, 0.717) is 6.42 Å². The van der Waals surface area contributed by atoms with Crippen molar-refractivity contribution in [2.75, 3.05) is 0 Å². The van der Waals surface area contributed by atoms with Gasteiger partial charge in [-0.3, -0.25) is 4.79 Å². The van der Waals surface area contributed by atoms with E-state index < -0.39 is 23.6 Å². The highest BCUT2D eigenvalue weighted by Crippen LogP contribution is 2.41. The van der Waals surface area contributed by atoms with Crippen molar-refractivity contribution in [2.45, 2.75) is 18.1 Å². The predicted octanol–water partition coefficient (Wildman–Crippen LogP) is 0.00840. The van der Waals surface area contributed by atoms with Crippen LogP contribution in [-0.2, 0) is 9.59 Å². The van der Waals surface area contributed by atoms with Gasteiger partial charge in [-0.25, -0.2) is 4.79 Å². The van der Waals surface area contributed by atoms with Crippen molar-refractivity contribution in [3.8, 4) is 0 Å². The molecule has 0 heterocycles. The molecule has 1 amide bonds. The summed E-state index contributed by atoms with van der Waals surface area (Å²) in [4.78, 5) is 19.4. The lowest BCUT2D eigenvalue weighted by Gasteiger charge is -2.01. The maximum absolute atomic E-state index is 10.6. The maximum Gasteiger partial charge on any atom is 0.490 e. The molecule has 1 aliphatic rings. The second-order valence-corrected chi connectivity index (χ2v) is 3.25. The molecule has 0 saturated heterocycles. The van der Waals surface area contributed by atoms with E-state index in [4.69, 9.17) is 21.4 Å². The van der Waals surface area contributed by atoms with Crippen molar-refractivity contribution in [2.24, 2.45) is 17.4 Å². The van der Waals surface area contributed by atoms with Crippen molar-refractivity contribution in [1.29, 1.82) is 0 Å². The third-order valence-corrected chi connectivity index (χ3v) is 2.04. The zero-order chi connectivity index (χ0) is 13.1. The first-order chi connectivity index (χ1) is 7.05. The third-order valence-electron chi connectivity index (χ3n) is 2.04. The summed E-state index contributed by atoms with van der Waals surface area (Å²) in [6.45, 7) is 3.51. The average Bonchev–Trinajstić information content (AvgIpc) is 2.78. The van der Waals surface area contributed by atoms with Gasteiger partial charge in [0.15, 0.2) is 0 Å². The summed E-state index contributed by atoms with van der Waals surface area (Å²) in [5.74, 6) is -3.07. The summed E-state index contributed by atoms with van der Waals surface area (Å²) in [6.07, 6.45) is -2.75. The van der Waals surface area contributed by atoms with E-state index in [1.165, 1.54) is 0 Å². The number of rotatable bonds is 2. The van der Waals surface area contributed by atoms with Crippen LogP contribution in [0.4, 0.5) is 13.2 Å². The molecule has 16 heavy (non-hydrogen) atoms. The first kappa shape index (κ1) is 14.4. The Kier molecular flexibility index (Phi) is 4.07. The first-order valence-electron chi connectivity index (χ1n) is 4.07. The third kappa shape index (κ3) is 3.54. The molecule has 1 aliphatic carbocycles. The van der Waals surface area contributed by atoms with Gasteiger partial charge in [-0.05, 0) is 6.42 Å². The van der Waals surface area contributed by atoms with Crippen LogP contribution in [0, 0.1) is 5.92 Å². The number of nitrogens with two attached hydrogens (primary N) is 2. The largest absolute Gasteiger partial charge is 0.490 e. The molecule has 92 valence electrons. The molecule has 0 spiro atoms. The number of carboxylic acids is 1. The van der Waals surface area contributed by atoms with E-state index in [-0.39, 0.29) is 5.92 Å². The van der Waals surface area contributed by atoms with Crippen LogP contribution in [0.25, 0.3) is 0 Å². The summed E-state index contributed by atoms with van der Waals surface area (Å²) in [5.41, 5.74) is 9.72. The van der Waals surface area contributed by atoms with Gasteiger partial charge in [0.1, 0.15) is 5.54 Å². The molecule has 0 aromatic carbocycles. The fraction of sp³-hybridized carbons (Fsp3) is 0.500.